The first-order valence-electron chi connectivity index (χ1n) is 5.29. The van der Waals surface area contributed by atoms with Crippen LogP contribution in [0, 0.1) is 0 Å². The molecule has 0 spiro atoms. The van der Waals surface area contributed by atoms with E-state index in [0.717, 1.165) is 13.0 Å². The van der Waals surface area contributed by atoms with Crippen molar-refractivity contribution in [1.82, 2.24) is 0 Å². The highest BCUT2D eigenvalue weighted by molar-refractivity contribution is 4.74. The maximum atomic E-state index is 5.98. The van der Waals surface area contributed by atoms with Gasteiger partial charge in [-0.05, 0) is 6.42 Å². The summed E-state index contributed by atoms with van der Waals surface area (Å²) in [5, 5.41) is 0. The van der Waals surface area contributed by atoms with Crippen molar-refractivity contribution in [3.05, 3.63) is 0 Å². The molecule has 3 heteroatoms. The van der Waals surface area contributed by atoms with Crippen molar-refractivity contribution in [3.63, 3.8) is 0 Å². The Bertz CT molecular complexity index is 124. The van der Waals surface area contributed by atoms with Crippen LogP contribution < -0.4 is 5.73 Å². The summed E-state index contributed by atoms with van der Waals surface area (Å²) < 4.78 is 10.8. The standard InChI is InChI=1S/C10H21NO2/c1-2-3-4-5-9(11)10-8-12-6-7-13-10/h9-10H,2-8,11H2,1H3. The molecule has 1 saturated heterocycles. The minimum atomic E-state index is 0.130. The number of rotatable bonds is 5. The summed E-state index contributed by atoms with van der Waals surface area (Å²) in [6.45, 7) is 4.29. The van der Waals surface area contributed by atoms with Crippen LogP contribution in [-0.2, 0) is 9.47 Å². The number of ether oxygens (including phenoxy) is 2. The summed E-state index contributed by atoms with van der Waals surface area (Å²) in [7, 11) is 0. The Balaban J connectivity index is 2.09. The minimum absolute atomic E-state index is 0.130. The van der Waals surface area contributed by atoms with Crippen LogP contribution in [-0.4, -0.2) is 32.0 Å². The molecular weight excluding hydrogens is 166 g/mol. The van der Waals surface area contributed by atoms with E-state index in [4.69, 9.17) is 15.2 Å². The van der Waals surface area contributed by atoms with Gasteiger partial charge in [-0.15, -0.1) is 0 Å². The van der Waals surface area contributed by atoms with Crippen LogP contribution in [0.3, 0.4) is 0 Å². The van der Waals surface area contributed by atoms with Crippen molar-refractivity contribution in [1.29, 1.82) is 0 Å². The highest BCUT2D eigenvalue weighted by Crippen LogP contribution is 2.10. The van der Waals surface area contributed by atoms with E-state index in [1.165, 1.54) is 19.3 Å². The molecule has 1 aliphatic heterocycles. The lowest BCUT2D eigenvalue weighted by Crippen LogP contribution is -2.43. The maximum absolute atomic E-state index is 5.98. The van der Waals surface area contributed by atoms with Crippen molar-refractivity contribution in [2.75, 3.05) is 19.8 Å². The van der Waals surface area contributed by atoms with E-state index >= 15 is 0 Å². The summed E-state index contributed by atoms with van der Waals surface area (Å²) >= 11 is 0. The van der Waals surface area contributed by atoms with Crippen LogP contribution in [0.2, 0.25) is 0 Å². The Labute approximate surface area is 80.6 Å². The zero-order valence-electron chi connectivity index (χ0n) is 8.50. The fourth-order valence-electron chi connectivity index (χ4n) is 1.57. The lowest BCUT2D eigenvalue weighted by molar-refractivity contribution is -0.0978. The summed E-state index contributed by atoms with van der Waals surface area (Å²) in [6.07, 6.45) is 4.90. The second kappa shape index (κ2) is 6.35. The van der Waals surface area contributed by atoms with Crippen molar-refractivity contribution in [2.45, 2.75) is 44.8 Å². The Morgan fingerprint density at radius 1 is 1.38 bits per heavy atom. The van der Waals surface area contributed by atoms with Gasteiger partial charge in [0.1, 0.15) is 0 Å². The van der Waals surface area contributed by atoms with Gasteiger partial charge in [0, 0.05) is 6.04 Å². The van der Waals surface area contributed by atoms with Crippen LogP contribution in [0.5, 0.6) is 0 Å². The first kappa shape index (κ1) is 11.0. The van der Waals surface area contributed by atoms with Crippen LogP contribution in [0.1, 0.15) is 32.6 Å². The SMILES string of the molecule is CCCCCC(N)C1COCCO1. The quantitative estimate of drug-likeness (QED) is 0.660. The zero-order valence-corrected chi connectivity index (χ0v) is 8.50. The van der Waals surface area contributed by atoms with Crippen molar-refractivity contribution >= 4 is 0 Å². The van der Waals surface area contributed by atoms with Gasteiger partial charge in [0.25, 0.3) is 0 Å². The number of hydrogen-bond acceptors (Lipinski definition) is 3. The second-order valence-electron chi connectivity index (χ2n) is 3.64. The zero-order chi connectivity index (χ0) is 9.52. The molecule has 0 amide bonds. The third-order valence-electron chi connectivity index (χ3n) is 2.46. The molecule has 1 fully saturated rings. The average Bonchev–Trinajstić information content (AvgIpc) is 2.19. The fourth-order valence-corrected chi connectivity index (χ4v) is 1.57. The number of hydrogen-bond donors (Lipinski definition) is 1. The van der Waals surface area contributed by atoms with Gasteiger partial charge in [-0.1, -0.05) is 26.2 Å². The predicted octanol–water partition coefficient (Wildman–Crippen LogP) is 1.31. The lowest BCUT2D eigenvalue weighted by Gasteiger charge is -2.27. The van der Waals surface area contributed by atoms with E-state index in [0.29, 0.717) is 13.2 Å². The third kappa shape index (κ3) is 4.07. The topological polar surface area (TPSA) is 44.5 Å². The normalized spacial score (nSPS) is 25.8. The van der Waals surface area contributed by atoms with E-state index < -0.39 is 0 Å². The maximum Gasteiger partial charge on any atom is 0.0959 e. The molecule has 1 aliphatic rings. The molecule has 1 rings (SSSR count). The molecule has 2 atom stereocenters. The number of unbranched alkanes of at least 4 members (excludes halogenated alkanes) is 2. The minimum Gasteiger partial charge on any atom is -0.376 e. The molecule has 0 aromatic carbocycles. The van der Waals surface area contributed by atoms with Gasteiger partial charge in [0.05, 0.1) is 25.9 Å². The molecule has 78 valence electrons. The fraction of sp³-hybridized carbons (Fsp3) is 1.00. The van der Waals surface area contributed by atoms with Gasteiger partial charge in [-0.2, -0.15) is 0 Å². The molecular formula is C10H21NO2. The summed E-state index contributed by atoms with van der Waals surface area (Å²) in [5.74, 6) is 0. The van der Waals surface area contributed by atoms with E-state index in [9.17, 15) is 0 Å². The van der Waals surface area contributed by atoms with E-state index in [-0.39, 0.29) is 12.1 Å². The highest BCUT2D eigenvalue weighted by Gasteiger charge is 2.20. The first-order chi connectivity index (χ1) is 6.34. The predicted molar refractivity (Wildman–Crippen MR) is 52.7 cm³/mol. The first-order valence-corrected chi connectivity index (χ1v) is 5.29. The molecule has 0 radical (unpaired) electrons. The molecule has 0 bridgehead atoms. The molecule has 0 aromatic rings. The van der Waals surface area contributed by atoms with Gasteiger partial charge in [0.15, 0.2) is 0 Å². The van der Waals surface area contributed by atoms with Crippen LogP contribution >= 0.6 is 0 Å². The van der Waals surface area contributed by atoms with Crippen molar-refractivity contribution in [3.8, 4) is 0 Å². The van der Waals surface area contributed by atoms with Gasteiger partial charge in [-0.3, -0.25) is 0 Å². The average molecular weight is 187 g/mol. The van der Waals surface area contributed by atoms with Crippen LogP contribution in [0.15, 0.2) is 0 Å². The molecule has 2 N–H and O–H groups in total. The second-order valence-corrected chi connectivity index (χ2v) is 3.64. The number of nitrogens with two attached hydrogens (primary N) is 1. The molecule has 13 heavy (non-hydrogen) atoms. The van der Waals surface area contributed by atoms with Crippen LogP contribution in [0.4, 0.5) is 0 Å². The molecule has 0 aromatic heterocycles. The Morgan fingerprint density at radius 3 is 2.85 bits per heavy atom. The molecule has 0 aliphatic carbocycles. The monoisotopic (exact) mass is 187 g/mol. The summed E-state index contributed by atoms with van der Waals surface area (Å²) in [5.41, 5.74) is 5.98. The third-order valence-corrected chi connectivity index (χ3v) is 2.46. The van der Waals surface area contributed by atoms with Gasteiger partial charge < -0.3 is 15.2 Å². The highest BCUT2D eigenvalue weighted by atomic mass is 16.6. The van der Waals surface area contributed by atoms with E-state index in [1.54, 1.807) is 0 Å². The summed E-state index contributed by atoms with van der Waals surface area (Å²) in [6, 6.07) is 0.159. The van der Waals surface area contributed by atoms with Gasteiger partial charge in [-0.25, -0.2) is 0 Å². The molecule has 2 unspecified atom stereocenters. The van der Waals surface area contributed by atoms with Crippen molar-refractivity contribution < 1.29 is 9.47 Å². The molecule has 1 heterocycles. The smallest absolute Gasteiger partial charge is 0.0959 e. The van der Waals surface area contributed by atoms with Crippen molar-refractivity contribution in [2.24, 2.45) is 5.73 Å². The van der Waals surface area contributed by atoms with Crippen LogP contribution in [0.25, 0.3) is 0 Å². The van der Waals surface area contributed by atoms with Gasteiger partial charge >= 0.3 is 0 Å². The summed E-state index contributed by atoms with van der Waals surface area (Å²) in [4.78, 5) is 0. The van der Waals surface area contributed by atoms with Gasteiger partial charge in [0.2, 0.25) is 0 Å². The van der Waals surface area contributed by atoms with E-state index in [1.807, 2.05) is 0 Å². The Kier molecular flexibility index (Phi) is 5.35. The van der Waals surface area contributed by atoms with E-state index in [2.05, 4.69) is 6.92 Å². The Hall–Kier alpha value is -0.120. The molecule has 3 nitrogen and oxygen atoms in total. The Morgan fingerprint density at radius 2 is 2.23 bits per heavy atom. The molecule has 0 saturated carbocycles. The lowest BCUT2D eigenvalue weighted by atomic mass is 10.0. The largest absolute Gasteiger partial charge is 0.376 e.